The highest BCUT2D eigenvalue weighted by Gasteiger charge is 2.29. The zero-order chi connectivity index (χ0) is 22.0. The number of rotatable bonds is 7. The van der Waals surface area contributed by atoms with Crippen molar-refractivity contribution in [2.75, 3.05) is 10.8 Å². The molecule has 0 amide bonds. The molecule has 0 fully saturated rings. The number of benzene rings is 2. The molecule has 158 valence electrons. The summed E-state index contributed by atoms with van der Waals surface area (Å²) in [7, 11) is -3.95. The van der Waals surface area contributed by atoms with Crippen LogP contribution in [0, 0.1) is 10.1 Å². The summed E-state index contributed by atoms with van der Waals surface area (Å²) in [5.74, 6) is 0. The molecule has 0 atom stereocenters. The van der Waals surface area contributed by atoms with Gasteiger partial charge in [-0.25, -0.2) is 17.7 Å². The van der Waals surface area contributed by atoms with Crippen LogP contribution >= 0.6 is 11.3 Å². The van der Waals surface area contributed by atoms with Gasteiger partial charge in [-0.05, 0) is 13.0 Å². The SMILES string of the molecule is CCN(c1nc(-c2cccc([N+](=O)[O-])c2)cs1)S(=O)(=O)c1ccccc1-c1cnoc1. The Morgan fingerprint density at radius 3 is 2.68 bits per heavy atom. The lowest BCUT2D eigenvalue weighted by atomic mass is 10.1. The van der Waals surface area contributed by atoms with Gasteiger partial charge in [0, 0.05) is 40.7 Å². The average Bonchev–Trinajstić information content (AvgIpc) is 3.47. The maximum atomic E-state index is 13.5. The molecule has 4 aromatic rings. The number of nitro groups is 1. The van der Waals surface area contributed by atoms with E-state index in [1.165, 1.54) is 35.0 Å². The van der Waals surface area contributed by atoms with E-state index in [-0.39, 0.29) is 22.3 Å². The highest BCUT2D eigenvalue weighted by atomic mass is 32.2. The highest BCUT2D eigenvalue weighted by molar-refractivity contribution is 7.93. The maximum absolute atomic E-state index is 13.5. The average molecular weight is 457 g/mol. The van der Waals surface area contributed by atoms with Crippen molar-refractivity contribution < 1.29 is 17.9 Å². The standard InChI is InChI=1S/C20H16N4O5S2/c1-2-23(20-22-18(13-30-20)14-6-5-7-16(10-14)24(25)26)31(27,28)19-9-4-3-8-17(19)15-11-21-29-12-15/h3-13H,2H2,1H3. The molecule has 0 spiro atoms. The molecule has 11 heteroatoms. The molecule has 0 saturated heterocycles. The van der Waals surface area contributed by atoms with E-state index in [0.717, 1.165) is 11.3 Å². The number of anilines is 1. The first-order valence-corrected chi connectivity index (χ1v) is 11.5. The Balaban J connectivity index is 1.74. The van der Waals surface area contributed by atoms with Crippen molar-refractivity contribution >= 4 is 32.2 Å². The minimum Gasteiger partial charge on any atom is -0.364 e. The molecule has 0 saturated carbocycles. The normalized spacial score (nSPS) is 11.4. The van der Waals surface area contributed by atoms with Crippen LogP contribution in [0.3, 0.4) is 0 Å². The smallest absolute Gasteiger partial charge is 0.270 e. The van der Waals surface area contributed by atoms with E-state index >= 15 is 0 Å². The molecule has 0 radical (unpaired) electrons. The Labute approximate surface area is 181 Å². The zero-order valence-corrected chi connectivity index (χ0v) is 17.8. The summed E-state index contributed by atoms with van der Waals surface area (Å²) in [5, 5.41) is 16.7. The van der Waals surface area contributed by atoms with Gasteiger partial charge >= 0.3 is 0 Å². The predicted octanol–water partition coefficient (Wildman–Crippen LogP) is 4.59. The third kappa shape index (κ3) is 3.92. The summed E-state index contributed by atoms with van der Waals surface area (Å²) >= 11 is 1.15. The van der Waals surface area contributed by atoms with Crippen molar-refractivity contribution in [3.63, 3.8) is 0 Å². The number of sulfonamides is 1. The van der Waals surface area contributed by atoms with E-state index in [2.05, 4.69) is 10.1 Å². The largest absolute Gasteiger partial charge is 0.364 e. The van der Waals surface area contributed by atoms with Crippen molar-refractivity contribution in [3.8, 4) is 22.4 Å². The van der Waals surface area contributed by atoms with Crippen LogP contribution < -0.4 is 4.31 Å². The third-order valence-corrected chi connectivity index (χ3v) is 7.45. The summed E-state index contributed by atoms with van der Waals surface area (Å²) in [6.07, 6.45) is 2.84. The summed E-state index contributed by atoms with van der Waals surface area (Å²) < 4.78 is 33.1. The maximum Gasteiger partial charge on any atom is 0.270 e. The number of hydrogen-bond donors (Lipinski definition) is 0. The molecule has 0 aliphatic heterocycles. The fourth-order valence-electron chi connectivity index (χ4n) is 3.08. The first kappa shape index (κ1) is 20.7. The topological polar surface area (TPSA) is 119 Å². The number of non-ortho nitro benzene ring substituents is 1. The molecule has 0 aliphatic rings. The predicted molar refractivity (Wildman–Crippen MR) is 116 cm³/mol. The van der Waals surface area contributed by atoms with Gasteiger partial charge in [0.1, 0.15) is 6.26 Å². The van der Waals surface area contributed by atoms with E-state index in [1.807, 2.05) is 0 Å². The molecular formula is C20H16N4O5S2. The molecule has 0 bridgehead atoms. The van der Waals surface area contributed by atoms with E-state index in [9.17, 15) is 18.5 Å². The van der Waals surface area contributed by atoms with Gasteiger partial charge in [-0.3, -0.25) is 10.1 Å². The summed E-state index contributed by atoms with van der Waals surface area (Å²) in [5.41, 5.74) is 1.96. The van der Waals surface area contributed by atoms with Crippen LogP contribution in [0.1, 0.15) is 6.92 Å². The van der Waals surface area contributed by atoms with Crippen LogP contribution in [-0.2, 0) is 10.0 Å². The number of nitro benzene ring substituents is 1. The first-order valence-electron chi connectivity index (χ1n) is 9.13. The number of thiazole rings is 1. The molecule has 0 unspecified atom stereocenters. The van der Waals surface area contributed by atoms with Gasteiger partial charge in [0.05, 0.1) is 21.7 Å². The lowest BCUT2D eigenvalue weighted by Crippen LogP contribution is -2.31. The molecule has 2 aromatic heterocycles. The van der Waals surface area contributed by atoms with Crippen LogP contribution in [0.4, 0.5) is 10.8 Å². The summed E-state index contributed by atoms with van der Waals surface area (Å²) in [6.45, 7) is 1.87. The van der Waals surface area contributed by atoms with Crippen molar-refractivity contribution in [2.45, 2.75) is 11.8 Å². The van der Waals surface area contributed by atoms with E-state index in [0.29, 0.717) is 22.4 Å². The molecule has 2 heterocycles. The Morgan fingerprint density at radius 1 is 1.16 bits per heavy atom. The Hall–Kier alpha value is -3.57. The fraction of sp³-hybridized carbons (Fsp3) is 0.100. The van der Waals surface area contributed by atoms with Crippen molar-refractivity contribution in [2.24, 2.45) is 0 Å². The molecular weight excluding hydrogens is 440 g/mol. The quantitative estimate of drug-likeness (QED) is 0.295. The van der Waals surface area contributed by atoms with Crippen LogP contribution in [0.5, 0.6) is 0 Å². The minimum atomic E-state index is -3.95. The second-order valence-electron chi connectivity index (χ2n) is 6.40. The van der Waals surface area contributed by atoms with Crippen LogP contribution in [0.15, 0.2) is 75.8 Å². The molecule has 4 rings (SSSR count). The monoisotopic (exact) mass is 456 g/mol. The van der Waals surface area contributed by atoms with Gasteiger partial charge in [-0.1, -0.05) is 35.5 Å². The van der Waals surface area contributed by atoms with Gasteiger partial charge in [0.15, 0.2) is 5.13 Å². The number of nitrogens with zero attached hydrogens (tertiary/aromatic N) is 4. The second kappa shape index (κ2) is 8.28. The number of aromatic nitrogens is 2. The van der Waals surface area contributed by atoms with Crippen molar-refractivity contribution in [3.05, 3.63) is 76.5 Å². The highest BCUT2D eigenvalue weighted by Crippen LogP contribution is 2.35. The van der Waals surface area contributed by atoms with Crippen molar-refractivity contribution in [1.29, 1.82) is 0 Å². The molecule has 0 aliphatic carbocycles. The van der Waals surface area contributed by atoms with Crippen molar-refractivity contribution in [1.82, 2.24) is 10.1 Å². The van der Waals surface area contributed by atoms with E-state index in [1.54, 1.807) is 42.6 Å². The molecule has 31 heavy (non-hydrogen) atoms. The van der Waals surface area contributed by atoms with Gasteiger partial charge in [-0.2, -0.15) is 0 Å². The van der Waals surface area contributed by atoms with Crippen LogP contribution in [-0.4, -0.2) is 30.0 Å². The lowest BCUT2D eigenvalue weighted by Gasteiger charge is -2.21. The Bertz CT molecular complexity index is 1330. The third-order valence-electron chi connectivity index (χ3n) is 4.54. The Morgan fingerprint density at radius 2 is 1.97 bits per heavy atom. The number of hydrogen-bond acceptors (Lipinski definition) is 8. The van der Waals surface area contributed by atoms with Gasteiger partial charge in [0.25, 0.3) is 15.7 Å². The van der Waals surface area contributed by atoms with E-state index < -0.39 is 14.9 Å². The Kier molecular flexibility index (Phi) is 5.53. The van der Waals surface area contributed by atoms with Crippen LogP contribution in [0.25, 0.3) is 22.4 Å². The summed E-state index contributed by atoms with van der Waals surface area (Å²) in [4.78, 5) is 15.1. The summed E-state index contributed by atoms with van der Waals surface area (Å²) in [6, 6.07) is 12.6. The van der Waals surface area contributed by atoms with Crippen LogP contribution in [0.2, 0.25) is 0 Å². The fourth-order valence-corrected chi connectivity index (χ4v) is 5.85. The minimum absolute atomic E-state index is 0.0605. The van der Waals surface area contributed by atoms with Gasteiger partial charge in [-0.15, -0.1) is 11.3 Å². The zero-order valence-electron chi connectivity index (χ0n) is 16.2. The molecule has 0 N–H and O–H groups in total. The van der Waals surface area contributed by atoms with E-state index in [4.69, 9.17) is 4.52 Å². The van der Waals surface area contributed by atoms with Gasteiger partial charge in [0.2, 0.25) is 0 Å². The first-order chi connectivity index (χ1) is 14.9. The lowest BCUT2D eigenvalue weighted by molar-refractivity contribution is -0.384. The molecule has 2 aromatic carbocycles. The molecule has 9 nitrogen and oxygen atoms in total. The second-order valence-corrected chi connectivity index (χ2v) is 9.07. The van der Waals surface area contributed by atoms with Gasteiger partial charge < -0.3 is 4.52 Å².